The predicted octanol–water partition coefficient (Wildman–Crippen LogP) is -0.847. The van der Waals surface area contributed by atoms with Gasteiger partial charge < -0.3 is 16.3 Å². The zero-order valence-corrected chi connectivity index (χ0v) is 10.4. The summed E-state index contributed by atoms with van der Waals surface area (Å²) in [5, 5.41) is 27.2. The van der Waals surface area contributed by atoms with E-state index in [1.807, 2.05) is 0 Å². The van der Waals surface area contributed by atoms with E-state index >= 15 is 0 Å². The zero-order chi connectivity index (χ0) is 14.4. The number of rotatable bonds is 5. The Kier molecular flexibility index (Phi) is 4.22. The van der Waals surface area contributed by atoms with Crippen molar-refractivity contribution in [2.75, 3.05) is 0 Å². The summed E-state index contributed by atoms with van der Waals surface area (Å²) >= 11 is 0. The first-order valence-corrected chi connectivity index (χ1v) is 5.75. The molecule has 1 aromatic carbocycles. The van der Waals surface area contributed by atoms with E-state index in [1.165, 1.54) is 0 Å². The summed E-state index contributed by atoms with van der Waals surface area (Å²) in [6, 6.07) is 6.83. The standard InChI is InChI=1S/C11H13N7O2/c12-11(16-20)8-3-1-7(2-4-8)5-10(19)13-6-9-14-17-18-15-9/h1-4,20H,5-6H2,(H2,12,16)(H,13,19)(H,14,15,17,18). The second kappa shape index (κ2) is 6.27. The van der Waals surface area contributed by atoms with Gasteiger partial charge in [-0.3, -0.25) is 4.79 Å². The highest BCUT2D eigenvalue weighted by Gasteiger charge is 2.06. The van der Waals surface area contributed by atoms with Gasteiger partial charge in [0.1, 0.15) is 0 Å². The first-order chi connectivity index (χ1) is 9.69. The lowest BCUT2D eigenvalue weighted by atomic mass is 10.1. The van der Waals surface area contributed by atoms with Gasteiger partial charge in [0.15, 0.2) is 11.7 Å². The van der Waals surface area contributed by atoms with Gasteiger partial charge in [-0.25, -0.2) is 0 Å². The van der Waals surface area contributed by atoms with Gasteiger partial charge in [-0.1, -0.05) is 34.6 Å². The second-order valence-corrected chi connectivity index (χ2v) is 3.96. The summed E-state index contributed by atoms with van der Waals surface area (Å²) in [5.41, 5.74) is 6.84. The van der Waals surface area contributed by atoms with E-state index in [9.17, 15) is 4.79 Å². The fraction of sp³-hybridized carbons (Fsp3) is 0.182. The van der Waals surface area contributed by atoms with Crippen molar-refractivity contribution in [3.63, 3.8) is 0 Å². The Morgan fingerprint density at radius 1 is 1.40 bits per heavy atom. The lowest BCUT2D eigenvalue weighted by molar-refractivity contribution is -0.120. The number of nitrogens with zero attached hydrogens (tertiary/aromatic N) is 4. The van der Waals surface area contributed by atoms with Gasteiger partial charge in [0, 0.05) is 5.56 Å². The zero-order valence-electron chi connectivity index (χ0n) is 10.4. The van der Waals surface area contributed by atoms with E-state index in [2.05, 4.69) is 31.1 Å². The van der Waals surface area contributed by atoms with Crippen LogP contribution in [0.1, 0.15) is 17.0 Å². The Labute approximate surface area is 113 Å². The molecule has 0 aliphatic carbocycles. The molecule has 2 aromatic rings. The molecule has 104 valence electrons. The molecular formula is C11H13N7O2. The number of oxime groups is 1. The fourth-order valence-corrected chi connectivity index (χ4v) is 1.53. The Bertz CT molecular complexity index is 592. The summed E-state index contributed by atoms with van der Waals surface area (Å²) in [4.78, 5) is 11.7. The predicted molar refractivity (Wildman–Crippen MR) is 68.7 cm³/mol. The summed E-state index contributed by atoms with van der Waals surface area (Å²) in [6.45, 7) is 0.220. The average molecular weight is 275 g/mol. The minimum atomic E-state index is -0.161. The second-order valence-electron chi connectivity index (χ2n) is 3.96. The monoisotopic (exact) mass is 275 g/mol. The van der Waals surface area contributed by atoms with Crippen molar-refractivity contribution in [2.24, 2.45) is 10.9 Å². The van der Waals surface area contributed by atoms with Gasteiger partial charge in [-0.05, 0) is 5.56 Å². The summed E-state index contributed by atoms with van der Waals surface area (Å²) in [5.74, 6) is 0.282. The van der Waals surface area contributed by atoms with Crippen LogP contribution in [0, 0.1) is 0 Å². The summed E-state index contributed by atoms with van der Waals surface area (Å²) in [6.07, 6.45) is 0.217. The van der Waals surface area contributed by atoms with Crippen LogP contribution in [0.4, 0.5) is 0 Å². The minimum Gasteiger partial charge on any atom is -0.409 e. The molecule has 0 unspecified atom stereocenters. The number of aromatic nitrogens is 4. The van der Waals surface area contributed by atoms with Crippen LogP contribution in [0.5, 0.6) is 0 Å². The maximum absolute atomic E-state index is 11.7. The normalized spacial score (nSPS) is 11.3. The van der Waals surface area contributed by atoms with Crippen molar-refractivity contribution >= 4 is 11.7 Å². The largest absolute Gasteiger partial charge is 0.409 e. The van der Waals surface area contributed by atoms with Crippen LogP contribution in [-0.2, 0) is 17.8 Å². The maximum Gasteiger partial charge on any atom is 0.224 e. The SMILES string of the molecule is NC(=NO)c1ccc(CC(=O)NCc2nn[nH]n2)cc1. The molecule has 0 aliphatic heterocycles. The number of carbonyl (C=O) groups excluding carboxylic acids is 1. The van der Waals surface area contributed by atoms with E-state index in [4.69, 9.17) is 10.9 Å². The molecule has 0 fully saturated rings. The van der Waals surface area contributed by atoms with E-state index in [0.717, 1.165) is 5.56 Å². The Hall–Kier alpha value is -2.97. The number of amides is 1. The maximum atomic E-state index is 11.7. The lowest BCUT2D eigenvalue weighted by Gasteiger charge is -2.04. The lowest BCUT2D eigenvalue weighted by Crippen LogP contribution is -2.25. The molecular weight excluding hydrogens is 262 g/mol. The van der Waals surface area contributed by atoms with Gasteiger partial charge in [-0.2, -0.15) is 5.21 Å². The molecule has 0 radical (unpaired) electrons. The molecule has 0 bridgehead atoms. The van der Waals surface area contributed by atoms with Crippen LogP contribution in [-0.4, -0.2) is 37.6 Å². The van der Waals surface area contributed by atoms with E-state index in [-0.39, 0.29) is 24.7 Å². The number of nitrogens with two attached hydrogens (primary N) is 1. The quantitative estimate of drug-likeness (QED) is 0.242. The third kappa shape index (κ3) is 3.51. The summed E-state index contributed by atoms with van der Waals surface area (Å²) < 4.78 is 0. The van der Waals surface area contributed by atoms with Crippen molar-refractivity contribution in [3.8, 4) is 0 Å². The van der Waals surface area contributed by atoms with Gasteiger partial charge in [-0.15, -0.1) is 10.2 Å². The number of carbonyl (C=O) groups is 1. The molecule has 9 nitrogen and oxygen atoms in total. The number of nitrogens with one attached hydrogen (secondary N) is 2. The van der Waals surface area contributed by atoms with Gasteiger partial charge in [0.2, 0.25) is 5.91 Å². The third-order valence-electron chi connectivity index (χ3n) is 2.55. The summed E-state index contributed by atoms with van der Waals surface area (Å²) in [7, 11) is 0. The number of aromatic amines is 1. The van der Waals surface area contributed by atoms with Crippen LogP contribution in [0.3, 0.4) is 0 Å². The molecule has 0 aliphatic rings. The molecule has 20 heavy (non-hydrogen) atoms. The number of amidine groups is 1. The van der Waals surface area contributed by atoms with E-state index in [0.29, 0.717) is 11.4 Å². The van der Waals surface area contributed by atoms with Crippen molar-refractivity contribution in [1.82, 2.24) is 25.9 Å². The van der Waals surface area contributed by atoms with Crippen LogP contribution in [0.15, 0.2) is 29.4 Å². The smallest absolute Gasteiger partial charge is 0.224 e. The highest BCUT2D eigenvalue weighted by molar-refractivity contribution is 5.97. The number of tetrazole rings is 1. The van der Waals surface area contributed by atoms with Crippen LogP contribution in [0.25, 0.3) is 0 Å². The fourth-order valence-electron chi connectivity index (χ4n) is 1.53. The van der Waals surface area contributed by atoms with Crippen molar-refractivity contribution in [3.05, 3.63) is 41.2 Å². The minimum absolute atomic E-state index is 0.0260. The third-order valence-corrected chi connectivity index (χ3v) is 2.55. The van der Waals surface area contributed by atoms with Crippen molar-refractivity contribution in [2.45, 2.75) is 13.0 Å². The number of hydrogen-bond acceptors (Lipinski definition) is 6. The van der Waals surface area contributed by atoms with Gasteiger partial charge in [0.25, 0.3) is 0 Å². The molecule has 0 saturated heterocycles. The van der Waals surface area contributed by atoms with Crippen LogP contribution >= 0.6 is 0 Å². The van der Waals surface area contributed by atoms with Crippen molar-refractivity contribution in [1.29, 1.82) is 0 Å². The van der Waals surface area contributed by atoms with E-state index in [1.54, 1.807) is 24.3 Å². The Balaban J connectivity index is 1.88. The van der Waals surface area contributed by atoms with Gasteiger partial charge in [0.05, 0.1) is 13.0 Å². The molecule has 1 amide bonds. The molecule has 0 spiro atoms. The average Bonchev–Trinajstić information content (AvgIpc) is 2.98. The first-order valence-electron chi connectivity index (χ1n) is 5.75. The number of benzene rings is 1. The molecule has 2 rings (SSSR count). The number of hydrogen-bond donors (Lipinski definition) is 4. The van der Waals surface area contributed by atoms with E-state index < -0.39 is 0 Å². The topological polar surface area (TPSA) is 142 Å². The van der Waals surface area contributed by atoms with Crippen molar-refractivity contribution < 1.29 is 10.0 Å². The molecule has 1 heterocycles. The molecule has 0 atom stereocenters. The molecule has 1 aromatic heterocycles. The molecule has 5 N–H and O–H groups in total. The molecule has 9 heteroatoms. The first kappa shape index (κ1) is 13.5. The van der Waals surface area contributed by atoms with Crippen LogP contribution in [0.2, 0.25) is 0 Å². The van der Waals surface area contributed by atoms with Gasteiger partial charge >= 0.3 is 0 Å². The highest BCUT2D eigenvalue weighted by atomic mass is 16.4. The Morgan fingerprint density at radius 3 is 2.75 bits per heavy atom. The highest BCUT2D eigenvalue weighted by Crippen LogP contribution is 2.05. The Morgan fingerprint density at radius 2 is 2.15 bits per heavy atom. The number of H-pyrrole nitrogens is 1. The molecule has 0 saturated carbocycles. The van der Waals surface area contributed by atoms with Crippen LogP contribution < -0.4 is 11.1 Å².